The van der Waals surface area contributed by atoms with Crippen LogP contribution in [0.1, 0.15) is 31.2 Å². The number of nitrogens with one attached hydrogen (secondary N) is 1. The zero-order valence-corrected chi connectivity index (χ0v) is 17.7. The Hall–Kier alpha value is -0.820. The molecule has 0 bridgehead atoms. The predicted molar refractivity (Wildman–Crippen MR) is 109 cm³/mol. The highest BCUT2D eigenvalue weighted by molar-refractivity contribution is 5.85. The van der Waals surface area contributed by atoms with Gasteiger partial charge in [0.15, 0.2) is 0 Å². The van der Waals surface area contributed by atoms with Gasteiger partial charge in [0.2, 0.25) is 5.91 Å². The maximum Gasteiger partial charge on any atom is 0.227 e. The summed E-state index contributed by atoms with van der Waals surface area (Å²) in [6, 6.07) is 0. The van der Waals surface area contributed by atoms with E-state index in [0.717, 1.165) is 45.7 Å². The average Bonchev–Trinajstić information content (AvgIpc) is 3.26. The molecule has 2 saturated heterocycles. The monoisotopic (exact) mass is 405 g/mol. The van der Waals surface area contributed by atoms with E-state index in [2.05, 4.69) is 34.2 Å². The second-order valence-electron chi connectivity index (χ2n) is 7.52. The van der Waals surface area contributed by atoms with E-state index >= 15 is 0 Å². The minimum Gasteiger partial charge on any atom is -0.342 e. The summed E-state index contributed by atoms with van der Waals surface area (Å²) < 4.78 is 1.82. The molecule has 0 aliphatic carbocycles. The van der Waals surface area contributed by atoms with Crippen molar-refractivity contribution in [2.24, 2.45) is 18.9 Å². The first-order valence-corrected chi connectivity index (χ1v) is 9.25. The third-order valence-corrected chi connectivity index (χ3v) is 5.46. The van der Waals surface area contributed by atoms with Crippen LogP contribution in [0.4, 0.5) is 0 Å². The minimum atomic E-state index is 0. The van der Waals surface area contributed by atoms with Crippen molar-refractivity contribution in [2.45, 2.75) is 25.7 Å². The van der Waals surface area contributed by atoms with E-state index in [1.165, 1.54) is 12.0 Å². The van der Waals surface area contributed by atoms with Gasteiger partial charge in [-0.25, -0.2) is 0 Å². The average molecular weight is 406 g/mol. The van der Waals surface area contributed by atoms with E-state index in [0.29, 0.717) is 11.8 Å². The Morgan fingerprint density at radius 2 is 2.15 bits per heavy atom. The summed E-state index contributed by atoms with van der Waals surface area (Å²) in [6.45, 7) is 7.95. The van der Waals surface area contributed by atoms with Crippen LogP contribution >= 0.6 is 24.8 Å². The van der Waals surface area contributed by atoms with Crippen molar-refractivity contribution >= 4 is 30.7 Å². The third kappa shape index (κ3) is 5.35. The van der Waals surface area contributed by atoms with Gasteiger partial charge in [0, 0.05) is 51.9 Å². The van der Waals surface area contributed by atoms with Gasteiger partial charge in [0.1, 0.15) is 0 Å². The van der Waals surface area contributed by atoms with Gasteiger partial charge >= 0.3 is 0 Å². The number of rotatable bonds is 6. The standard InChI is InChI=1S/C18H31N5O.2ClH/c1-4-6-21(2)11-14-5-7-23(12-14)18(24)17-10-19-9-16(17)15-8-20-22(3)13-15;;/h8,13-14,16-17,19H,4-7,9-12H2,1-3H3;2*1H/t14?,16-,17+;;/m1../s1. The summed E-state index contributed by atoms with van der Waals surface area (Å²) in [4.78, 5) is 17.5. The quantitative estimate of drug-likeness (QED) is 0.782. The molecule has 26 heavy (non-hydrogen) atoms. The topological polar surface area (TPSA) is 53.4 Å². The first-order chi connectivity index (χ1) is 11.6. The van der Waals surface area contributed by atoms with E-state index < -0.39 is 0 Å². The van der Waals surface area contributed by atoms with Crippen LogP contribution in [-0.4, -0.2) is 71.8 Å². The fourth-order valence-electron chi connectivity index (χ4n) is 4.25. The highest BCUT2D eigenvalue weighted by Gasteiger charge is 2.39. The van der Waals surface area contributed by atoms with Crippen molar-refractivity contribution < 1.29 is 4.79 Å². The summed E-state index contributed by atoms with van der Waals surface area (Å²) in [5.74, 6) is 1.26. The lowest BCUT2D eigenvalue weighted by molar-refractivity contribution is -0.134. The van der Waals surface area contributed by atoms with E-state index in [9.17, 15) is 4.79 Å². The summed E-state index contributed by atoms with van der Waals surface area (Å²) in [7, 11) is 4.12. The first-order valence-electron chi connectivity index (χ1n) is 9.25. The highest BCUT2D eigenvalue weighted by atomic mass is 35.5. The van der Waals surface area contributed by atoms with Crippen LogP contribution in [0.5, 0.6) is 0 Å². The van der Waals surface area contributed by atoms with Gasteiger partial charge in [-0.05, 0) is 37.9 Å². The van der Waals surface area contributed by atoms with Gasteiger partial charge in [0.05, 0.1) is 12.1 Å². The number of aromatic nitrogens is 2. The maximum absolute atomic E-state index is 13.0. The molecule has 1 N–H and O–H groups in total. The van der Waals surface area contributed by atoms with Crippen molar-refractivity contribution in [1.82, 2.24) is 24.9 Å². The van der Waals surface area contributed by atoms with Crippen LogP contribution in [0.3, 0.4) is 0 Å². The fraction of sp³-hybridized carbons (Fsp3) is 0.778. The van der Waals surface area contributed by atoms with Gasteiger partial charge in [-0.2, -0.15) is 5.10 Å². The molecule has 2 aliphatic rings. The summed E-state index contributed by atoms with van der Waals surface area (Å²) in [6.07, 6.45) is 6.28. The van der Waals surface area contributed by atoms with Crippen LogP contribution in [0.15, 0.2) is 12.4 Å². The number of halogens is 2. The van der Waals surface area contributed by atoms with E-state index in [-0.39, 0.29) is 36.6 Å². The van der Waals surface area contributed by atoms with Gasteiger partial charge in [-0.1, -0.05) is 6.92 Å². The molecule has 8 heteroatoms. The van der Waals surface area contributed by atoms with Crippen molar-refractivity contribution in [3.05, 3.63) is 18.0 Å². The molecule has 3 rings (SSSR count). The van der Waals surface area contributed by atoms with E-state index in [4.69, 9.17) is 0 Å². The molecule has 3 heterocycles. The first kappa shape index (κ1) is 23.2. The molecule has 0 radical (unpaired) electrons. The molecule has 2 fully saturated rings. The number of nitrogens with zero attached hydrogens (tertiary/aromatic N) is 4. The molecule has 1 unspecified atom stereocenters. The number of hydrogen-bond acceptors (Lipinski definition) is 4. The molecule has 6 nitrogen and oxygen atoms in total. The SMILES string of the molecule is CCCN(C)CC1CCN(C(=O)[C@H]2CNC[C@@H]2c2cnn(C)c2)C1.Cl.Cl. The fourth-order valence-corrected chi connectivity index (χ4v) is 4.25. The lowest BCUT2D eigenvalue weighted by Gasteiger charge is -2.25. The molecule has 150 valence electrons. The number of aryl methyl sites for hydroxylation is 1. The van der Waals surface area contributed by atoms with Crippen molar-refractivity contribution in [2.75, 3.05) is 46.3 Å². The molecule has 0 spiro atoms. The molecule has 1 aromatic rings. The summed E-state index contributed by atoms with van der Waals surface area (Å²) >= 11 is 0. The van der Waals surface area contributed by atoms with Crippen LogP contribution in [0, 0.1) is 11.8 Å². The second-order valence-corrected chi connectivity index (χ2v) is 7.52. The zero-order chi connectivity index (χ0) is 17.1. The Bertz CT molecular complexity index is 568. The minimum absolute atomic E-state index is 0. The van der Waals surface area contributed by atoms with Crippen molar-refractivity contribution in [1.29, 1.82) is 0 Å². The van der Waals surface area contributed by atoms with Crippen LogP contribution in [0.25, 0.3) is 0 Å². The number of hydrogen-bond donors (Lipinski definition) is 1. The number of carbonyl (C=O) groups is 1. The Labute approximate surface area is 169 Å². The van der Waals surface area contributed by atoms with Crippen LogP contribution in [-0.2, 0) is 11.8 Å². The molecule has 2 aliphatic heterocycles. The Morgan fingerprint density at radius 3 is 2.81 bits per heavy atom. The van der Waals surface area contributed by atoms with Crippen LogP contribution < -0.4 is 5.32 Å². The Balaban J connectivity index is 0.00000169. The lowest BCUT2D eigenvalue weighted by atomic mass is 9.90. The Morgan fingerprint density at radius 1 is 1.38 bits per heavy atom. The normalized spacial score (nSPS) is 25.2. The highest BCUT2D eigenvalue weighted by Crippen LogP contribution is 2.31. The van der Waals surface area contributed by atoms with E-state index in [1.807, 2.05) is 24.1 Å². The van der Waals surface area contributed by atoms with Gasteiger partial charge in [-0.3, -0.25) is 9.48 Å². The number of amides is 1. The number of likely N-dealkylation sites (tertiary alicyclic amines) is 1. The van der Waals surface area contributed by atoms with E-state index in [1.54, 1.807) is 0 Å². The molecule has 0 aromatic carbocycles. The van der Waals surface area contributed by atoms with Gasteiger partial charge in [0.25, 0.3) is 0 Å². The Kier molecular flexibility index (Phi) is 9.38. The summed E-state index contributed by atoms with van der Waals surface area (Å²) in [5, 5.41) is 7.68. The molecule has 0 saturated carbocycles. The molecular formula is C18H33Cl2N5O. The number of carbonyl (C=O) groups excluding carboxylic acids is 1. The summed E-state index contributed by atoms with van der Waals surface area (Å²) in [5.41, 5.74) is 1.18. The maximum atomic E-state index is 13.0. The zero-order valence-electron chi connectivity index (χ0n) is 16.1. The molecule has 3 atom stereocenters. The second kappa shape index (κ2) is 10.5. The van der Waals surface area contributed by atoms with Crippen molar-refractivity contribution in [3.63, 3.8) is 0 Å². The predicted octanol–water partition coefficient (Wildman–Crippen LogP) is 1.76. The largest absolute Gasteiger partial charge is 0.342 e. The smallest absolute Gasteiger partial charge is 0.227 e. The molecular weight excluding hydrogens is 373 g/mol. The molecule has 1 aromatic heterocycles. The molecule has 1 amide bonds. The van der Waals surface area contributed by atoms with Gasteiger partial charge in [-0.15, -0.1) is 24.8 Å². The third-order valence-electron chi connectivity index (χ3n) is 5.46. The van der Waals surface area contributed by atoms with Crippen molar-refractivity contribution in [3.8, 4) is 0 Å². The lowest BCUT2D eigenvalue weighted by Crippen LogP contribution is -2.38. The van der Waals surface area contributed by atoms with Gasteiger partial charge < -0.3 is 15.1 Å². The van der Waals surface area contributed by atoms with Crippen LogP contribution in [0.2, 0.25) is 0 Å².